The lowest BCUT2D eigenvalue weighted by Gasteiger charge is -2.22. The molecule has 0 amide bonds. The van der Waals surface area contributed by atoms with Crippen molar-refractivity contribution in [1.82, 2.24) is 0 Å². The molecule has 0 saturated heterocycles. The quantitative estimate of drug-likeness (QED) is 0.700. The predicted molar refractivity (Wildman–Crippen MR) is 62.6 cm³/mol. The van der Waals surface area contributed by atoms with Crippen LogP contribution in [0.4, 0.5) is 0 Å². The van der Waals surface area contributed by atoms with E-state index in [2.05, 4.69) is 6.92 Å². The summed E-state index contributed by atoms with van der Waals surface area (Å²) in [7, 11) is 0. The van der Waals surface area contributed by atoms with Gasteiger partial charge in [-0.1, -0.05) is 18.5 Å². The van der Waals surface area contributed by atoms with Crippen LogP contribution in [-0.2, 0) is 6.42 Å². The minimum absolute atomic E-state index is 0.0166. The van der Waals surface area contributed by atoms with E-state index in [-0.39, 0.29) is 5.41 Å². The molecule has 0 aliphatic rings. The van der Waals surface area contributed by atoms with Crippen LogP contribution in [0.1, 0.15) is 11.8 Å². The highest BCUT2D eigenvalue weighted by Gasteiger charge is 2.23. The van der Waals surface area contributed by atoms with Gasteiger partial charge in [0, 0.05) is 16.6 Å². The summed E-state index contributed by atoms with van der Waals surface area (Å²) in [6, 6.07) is 3.94. The molecule has 0 aliphatic heterocycles. The summed E-state index contributed by atoms with van der Waals surface area (Å²) in [5.74, 6) is 1.15. The molecule has 1 aromatic heterocycles. The maximum Gasteiger partial charge on any atom is 0.0931 e. The Morgan fingerprint density at radius 1 is 1.31 bits per heavy atom. The van der Waals surface area contributed by atoms with E-state index >= 15 is 0 Å². The largest absolute Gasteiger partial charge is 0.128 e. The molecular weight excluding hydrogens is 247 g/mol. The molecule has 13 heavy (non-hydrogen) atoms. The van der Waals surface area contributed by atoms with E-state index in [4.69, 9.17) is 34.8 Å². The summed E-state index contributed by atoms with van der Waals surface area (Å²) in [5, 5.41) is 0. The van der Waals surface area contributed by atoms with Crippen molar-refractivity contribution < 1.29 is 0 Å². The van der Waals surface area contributed by atoms with Gasteiger partial charge < -0.3 is 0 Å². The second kappa shape index (κ2) is 4.88. The highest BCUT2D eigenvalue weighted by Crippen LogP contribution is 2.30. The number of hydrogen-bond acceptors (Lipinski definition) is 1. The van der Waals surface area contributed by atoms with Gasteiger partial charge in [-0.25, -0.2) is 0 Å². The normalized spacial score (nSPS) is 12.0. The molecule has 0 aromatic carbocycles. The zero-order chi connectivity index (χ0) is 9.90. The summed E-state index contributed by atoms with van der Waals surface area (Å²) in [6.07, 6.45) is 0.900. The van der Waals surface area contributed by atoms with Crippen molar-refractivity contribution in [2.24, 2.45) is 5.41 Å². The first kappa shape index (κ1) is 11.6. The van der Waals surface area contributed by atoms with Gasteiger partial charge in [-0.2, -0.15) is 0 Å². The van der Waals surface area contributed by atoms with Gasteiger partial charge in [0.1, 0.15) is 0 Å². The third-order valence-electron chi connectivity index (χ3n) is 1.88. The van der Waals surface area contributed by atoms with Crippen molar-refractivity contribution >= 4 is 46.1 Å². The second-order valence-electron chi connectivity index (χ2n) is 3.46. The maximum absolute atomic E-state index is 5.85. The van der Waals surface area contributed by atoms with Gasteiger partial charge in [-0.3, -0.25) is 0 Å². The molecule has 4 heteroatoms. The van der Waals surface area contributed by atoms with Crippen molar-refractivity contribution in [2.75, 3.05) is 11.8 Å². The monoisotopic (exact) mass is 256 g/mol. The molecule has 0 N–H and O–H groups in total. The summed E-state index contributed by atoms with van der Waals surface area (Å²) in [6.45, 7) is 2.08. The van der Waals surface area contributed by atoms with Crippen molar-refractivity contribution in [3.05, 3.63) is 21.3 Å². The fraction of sp³-hybridized carbons (Fsp3) is 0.556. The third-order valence-corrected chi connectivity index (χ3v) is 4.40. The Morgan fingerprint density at radius 2 is 1.92 bits per heavy atom. The molecule has 0 aliphatic carbocycles. The second-order valence-corrected chi connectivity index (χ2v) is 5.79. The van der Waals surface area contributed by atoms with Crippen LogP contribution in [0.3, 0.4) is 0 Å². The van der Waals surface area contributed by atoms with Crippen molar-refractivity contribution in [2.45, 2.75) is 13.3 Å². The Bertz CT molecular complexity index is 266. The maximum atomic E-state index is 5.85. The average molecular weight is 258 g/mol. The van der Waals surface area contributed by atoms with Gasteiger partial charge in [-0.15, -0.1) is 34.5 Å². The lowest BCUT2D eigenvalue weighted by Crippen LogP contribution is -2.23. The molecule has 0 spiro atoms. The zero-order valence-electron chi connectivity index (χ0n) is 7.32. The lowest BCUT2D eigenvalue weighted by atomic mass is 9.91. The molecule has 0 unspecified atom stereocenters. The Labute approximate surface area is 97.8 Å². The Balaban J connectivity index is 2.67. The van der Waals surface area contributed by atoms with Crippen LogP contribution >= 0.6 is 46.1 Å². The van der Waals surface area contributed by atoms with E-state index in [1.165, 1.54) is 4.88 Å². The van der Waals surface area contributed by atoms with Crippen LogP contribution < -0.4 is 0 Å². The molecule has 1 aromatic rings. The van der Waals surface area contributed by atoms with Gasteiger partial charge >= 0.3 is 0 Å². The first-order valence-electron chi connectivity index (χ1n) is 3.96. The van der Waals surface area contributed by atoms with Gasteiger partial charge in [0.15, 0.2) is 0 Å². The summed E-state index contributed by atoms with van der Waals surface area (Å²) >= 11 is 19.1. The average Bonchev–Trinajstić information content (AvgIpc) is 2.51. The van der Waals surface area contributed by atoms with E-state index in [9.17, 15) is 0 Å². The first-order valence-corrected chi connectivity index (χ1v) is 6.22. The molecule has 0 saturated carbocycles. The van der Waals surface area contributed by atoms with Crippen LogP contribution in [0.2, 0.25) is 4.34 Å². The smallest absolute Gasteiger partial charge is 0.0931 e. The van der Waals surface area contributed by atoms with Crippen LogP contribution in [0.5, 0.6) is 0 Å². The zero-order valence-corrected chi connectivity index (χ0v) is 10.4. The topological polar surface area (TPSA) is 0 Å². The van der Waals surface area contributed by atoms with Crippen molar-refractivity contribution in [1.29, 1.82) is 0 Å². The molecule has 0 radical (unpaired) electrons. The molecule has 0 fully saturated rings. The predicted octanol–water partition coefficient (Wildman–Crippen LogP) is 4.43. The minimum atomic E-state index is -0.0166. The number of alkyl halides is 2. The standard InChI is InChI=1S/C9H11Cl3S/c1-9(5-10,6-11)4-7-2-3-8(12)13-7/h2-3H,4-6H2,1H3. The molecule has 74 valence electrons. The van der Waals surface area contributed by atoms with Gasteiger partial charge in [0.25, 0.3) is 0 Å². The third kappa shape index (κ3) is 3.32. The summed E-state index contributed by atoms with van der Waals surface area (Å²) in [4.78, 5) is 1.24. The van der Waals surface area contributed by atoms with Crippen LogP contribution in [0, 0.1) is 5.41 Å². The molecular formula is C9H11Cl3S. The van der Waals surface area contributed by atoms with Gasteiger partial charge in [0.05, 0.1) is 4.34 Å². The molecule has 1 heterocycles. The van der Waals surface area contributed by atoms with E-state index in [1.807, 2.05) is 12.1 Å². The number of thiophene rings is 1. The lowest BCUT2D eigenvalue weighted by molar-refractivity contribution is 0.429. The molecule has 0 atom stereocenters. The molecule has 0 bridgehead atoms. The molecule has 0 nitrogen and oxygen atoms in total. The van der Waals surface area contributed by atoms with Crippen molar-refractivity contribution in [3.63, 3.8) is 0 Å². The minimum Gasteiger partial charge on any atom is -0.128 e. The summed E-state index contributed by atoms with van der Waals surface area (Å²) < 4.78 is 0.821. The van der Waals surface area contributed by atoms with Crippen LogP contribution in [0.25, 0.3) is 0 Å². The first-order chi connectivity index (χ1) is 6.09. The Hall–Kier alpha value is 0.570. The number of hydrogen-bond donors (Lipinski definition) is 0. The number of halogens is 3. The van der Waals surface area contributed by atoms with E-state index in [0.29, 0.717) is 11.8 Å². The fourth-order valence-electron chi connectivity index (χ4n) is 0.998. The molecule has 1 rings (SSSR count). The van der Waals surface area contributed by atoms with Gasteiger partial charge in [0.2, 0.25) is 0 Å². The number of rotatable bonds is 4. The fourth-order valence-corrected chi connectivity index (χ4v) is 2.78. The van der Waals surface area contributed by atoms with E-state index in [0.717, 1.165) is 10.8 Å². The van der Waals surface area contributed by atoms with E-state index in [1.54, 1.807) is 11.3 Å². The highest BCUT2D eigenvalue weighted by atomic mass is 35.5. The van der Waals surface area contributed by atoms with Gasteiger partial charge in [-0.05, 0) is 24.0 Å². The SMILES string of the molecule is CC(CCl)(CCl)Cc1ccc(Cl)s1. The van der Waals surface area contributed by atoms with Crippen molar-refractivity contribution in [3.8, 4) is 0 Å². The Morgan fingerprint density at radius 3 is 2.31 bits per heavy atom. The van der Waals surface area contributed by atoms with Crippen LogP contribution in [-0.4, -0.2) is 11.8 Å². The highest BCUT2D eigenvalue weighted by molar-refractivity contribution is 7.16. The van der Waals surface area contributed by atoms with Crippen LogP contribution in [0.15, 0.2) is 12.1 Å². The Kier molecular flexibility index (Phi) is 4.37. The summed E-state index contributed by atoms with van der Waals surface area (Å²) in [5.41, 5.74) is -0.0166. The van der Waals surface area contributed by atoms with E-state index < -0.39 is 0 Å².